The third-order valence-electron chi connectivity index (χ3n) is 5.24. The smallest absolute Gasteiger partial charge is 0.158 e. The van der Waals surface area contributed by atoms with Gasteiger partial charge in [-0.1, -0.05) is 26.8 Å². The first-order chi connectivity index (χ1) is 7.88. The van der Waals surface area contributed by atoms with Gasteiger partial charge in [0.15, 0.2) is 5.78 Å². The molecule has 2 nitrogen and oxygen atoms in total. The van der Waals surface area contributed by atoms with Gasteiger partial charge in [0.2, 0.25) is 0 Å². The molecule has 0 aromatic heterocycles. The first kappa shape index (κ1) is 12.8. The molecule has 0 amide bonds. The summed E-state index contributed by atoms with van der Waals surface area (Å²) in [7, 11) is 0. The molecule has 0 aromatic carbocycles. The van der Waals surface area contributed by atoms with Crippen LogP contribution in [0.2, 0.25) is 0 Å². The van der Waals surface area contributed by atoms with E-state index < -0.39 is 0 Å². The maximum absolute atomic E-state index is 12.0. The van der Waals surface area contributed by atoms with Crippen molar-refractivity contribution in [1.82, 2.24) is 0 Å². The standard InChI is InChI=1S/C15H24O2/c1-9(2)12-7-13(16)11(4)15(12)6-5-10(3)14(17)8-15/h5,9,11-13,16H,6-8H2,1-4H3. The second-order valence-corrected chi connectivity index (χ2v) is 6.37. The Bertz CT molecular complexity index is 356. The van der Waals surface area contributed by atoms with Crippen molar-refractivity contribution in [3.63, 3.8) is 0 Å². The summed E-state index contributed by atoms with van der Waals surface area (Å²) >= 11 is 0. The summed E-state index contributed by atoms with van der Waals surface area (Å²) in [5, 5.41) is 10.2. The minimum Gasteiger partial charge on any atom is -0.393 e. The van der Waals surface area contributed by atoms with Gasteiger partial charge in [0.05, 0.1) is 6.10 Å². The Morgan fingerprint density at radius 2 is 2.12 bits per heavy atom. The first-order valence-electron chi connectivity index (χ1n) is 6.76. The van der Waals surface area contributed by atoms with Crippen molar-refractivity contribution in [2.45, 2.75) is 53.1 Å². The van der Waals surface area contributed by atoms with Crippen LogP contribution in [0.5, 0.6) is 0 Å². The van der Waals surface area contributed by atoms with Crippen LogP contribution in [0.1, 0.15) is 47.0 Å². The van der Waals surface area contributed by atoms with Gasteiger partial charge in [0, 0.05) is 6.42 Å². The molecule has 2 aliphatic rings. The van der Waals surface area contributed by atoms with Crippen LogP contribution in [0, 0.1) is 23.2 Å². The summed E-state index contributed by atoms with van der Waals surface area (Å²) in [4.78, 5) is 12.0. The molecule has 1 spiro atoms. The van der Waals surface area contributed by atoms with Gasteiger partial charge in [-0.25, -0.2) is 0 Å². The zero-order chi connectivity index (χ0) is 12.8. The van der Waals surface area contributed by atoms with Crippen molar-refractivity contribution in [2.24, 2.45) is 23.2 Å². The summed E-state index contributed by atoms with van der Waals surface area (Å²) in [5.74, 6) is 1.53. The second kappa shape index (κ2) is 4.24. The van der Waals surface area contributed by atoms with E-state index in [0.717, 1.165) is 18.4 Å². The lowest BCUT2D eigenvalue weighted by Gasteiger charge is -2.42. The monoisotopic (exact) mass is 236 g/mol. The fourth-order valence-corrected chi connectivity index (χ4v) is 3.95. The molecule has 2 aliphatic carbocycles. The van der Waals surface area contributed by atoms with E-state index in [1.165, 1.54) is 0 Å². The molecule has 0 aromatic rings. The normalized spacial score (nSPS) is 42.4. The zero-order valence-corrected chi connectivity index (χ0v) is 11.4. The molecule has 4 unspecified atom stereocenters. The number of allylic oxidation sites excluding steroid dienone is 2. The Kier molecular flexibility index (Phi) is 3.19. The molecule has 17 heavy (non-hydrogen) atoms. The van der Waals surface area contributed by atoms with E-state index in [2.05, 4.69) is 26.8 Å². The van der Waals surface area contributed by atoms with E-state index in [1.807, 2.05) is 6.92 Å². The molecule has 2 rings (SSSR count). The predicted molar refractivity (Wildman–Crippen MR) is 68.5 cm³/mol. The average Bonchev–Trinajstić information content (AvgIpc) is 2.50. The molecule has 1 N–H and O–H groups in total. The van der Waals surface area contributed by atoms with Crippen LogP contribution in [0.15, 0.2) is 11.6 Å². The highest BCUT2D eigenvalue weighted by Crippen LogP contribution is 2.57. The number of carbonyl (C=O) groups excluding carboxylic acids is 1. The summed E-state index contributed by atoms with van der Waals surface area (Å²) in [6, 6.07) is 0. The lowest BCUT2D eigenvalue weighted by Crippen LogP contribution is -2.39. The molecule has 0 radical (unpaired) electrons. The van der Waals surface area contributed by atoms with Crippen LogP contribution in [0.3, 0.4) is 0 Å². The highest BCUT2D eigenvalue weighted by Gasteiger charge is 2.54. The Balaban J connectivity index is 2.36. The van der Waals surface area contributed by atoms with Crippen molar-refractivity contribution in [3.05, 3.63) is 11.6 Å². The Hall–Kier alpha value is -0.630. The van der Waals surface area contributed by atoms with E-state index in [0.29, 0.717) is 18.3 Å². The van der Waals surface area contributed by atoms with Crippen LogP contribution in [0.25, 0.3) is 0 Å². The van der Waals surface area contributed by atoms with Crippen molar-refractivity contribution in [1.29, 1.82) is 0 Å². The van der Waals surface area contributed by atoms with Crippen molar-refractivity contribution in [3.8, 4) is 0 Å². The molecule has 2 heteroatoms. The molecule has 4 atom stereocenters. The lowest BCUT2D eigenvalue weighted by molar-refractivity contribution is -0.120. The number of aliphatic hydroxyl groups is 1. The molecular formula is C15H24O2. The highest BCUT2D eigenvalue weighted by atomic mass is 16.3. The fourth-order valence-electron chi connectivity index (χ4n) is 3.95. The number of rotatable bonds is 1. The number of hydrogen-bond acceptors (Lipinski definition) is 2. The van der Waals surface area contributed by atoms with Gasteiger partial charge in [-0.15, -0.1) is 0 Å². The summed E-state index contributed by atoms with van der Waals surface area (Å²) in [6.45, 7) is 8.46. The van der Waals surface area contributed by atoms with Crippen molar-refractivity contribution in [2.75, 3.05) is 0 Å². The van der Waals surface area contributed by atoms with E-state index in [-0.39, 0.29) is 23.2 Å². The molecule has 0 heterocycles. The molecule has 1 saturated carbocycles. The molecule has 0 aliphatic heterocycles. The Morgan fingerprint density at radius 3 is 2.65 bits per heavy atom. The topological polar surface area (TPSA) is 37.3 Å². The second-order valence-electron chi connectivity index (χ2n) is 6.37. The number of aliphatic hydroxyl groups excluding tert-OH is 1. The van der Waals surface area contributed by atoms with Crippen LogP contribution < -0.4 is 0 Å². The maximum atomic E-state index is 12.0. The summed E-state index contributed by atoms with van der Waals surface area (Å²) in [5.41, 5.74) is 0.927. The van der Waals surface area contributed by atoms with Crippen molar-refractivity contribution < 1.29 is 9.90 Å². The van der Waals surface area contributed by atoms with Crippen LogP contribution in [-0.2, 0) is 4.79 Å². The van der Waals surface area contributed by atoms with Gasteiger partial charge in [-0.3, -0.25) is 4.79 Å². The molecule has 0 saturated heterocycles. The van der Waals surface area contributed by atoms with Gasteiger partial charge in [-0.2, -0.15) is 0 Å². The number of carbonyl (C=O) groups is 1. The summed E-state index contributed by atoms with van der Waals surface area (Å²) in [6.07, 6.45) is 4.32. The zero-order valence-electron chi connectivity index (χ0n) is 11.4. The van der Waals surface area contributed by atoms with Crippen LogP contribution in [-0.4, -0.2) is 17.0 Å². The third-order valence-corrected chi connectivity index (χ3v) is 5.24. The average molecular weight is 236 g/mol. The van der Waals surface area contributed by atoms with Crippen LogP contribution in [0.4, 0.5) is 0 Å². The number of hydrogen-bond donors (Lipinski definition) is 1. The first-order valence-corrected chi connectivity index (χ1v) is 6.76. The number of ketones is 1. The van der Waals surface area contributed by atoms with E-state index in [9.17, 15) is 9.90 Å². The van der Waals surface area contributed by atoms with Gasteiger partial charge >= 0.3 is 0 Å². The fraction of sp³-hybridized carbons (Fsp3) is 0.800. The van der Waals surface area contributed by atoms with Gasteiger partial charge < -0.3 is 5.11 Å². The van der Waals surface area contributed by atoms with Crippen LogP contribution >= 0.6 is 0 Å². The largest absolute Gasteiger partial charge is 0.393 e. The SMILES string of the molecule is CC1=CCC2(CC1=O)C(C)C(O)CC2C(C)C. The quantitative estimate of drug-likeness (QED) is 0.760. The van der Waals surface area contributed by atoms with E-state index >= 15 is 0 Å². The Morgan fingerprint density at radius 1 is 1.47 bits per heavy atom. The van der Waals surface area contributed by atoms with E-state index in [1.54, 1.807) is 0 Å². The molecular weight excluding hydrogens is 212 g/mol. The Labute approximate surface area is 104 Å². The lowest BCUT2D eigenvalue weighted by atomic mass is 9.61. The van der Waals surface area contributed by atoms with E-state index in [4.69, 9.17) is 0 Å². The third kappa shape index (κ3) is 1.87. The highest BCUT2D eigenvalue weighted by molar-refractivity contribution is 5.96. The van der Waals surface area contributed by atoms with Gasteiger partial charge in [-0.05, 0) is 48.5 Å². The van der Waals surface area contributed by atoms with Crippen molar-refractivity contribution >= 4 is 5.78 Å². The maximum Gasteiger partial charge on any atom is 0.158 e. The van der Waals surface area contributed by atoms with Gasteiger partial charge in [0.1, 0.15) is 0 Å². The molecule has 1 fully saturated rings. The summed E-state index contributed by atoms with van der Waals surface area (Å²) < 4.78 is 0. The van der Waals surface area contributed by atoms with Gasteiger partial charge in [0.25, 0.3) is 0 Å². The minimum atomic E-state index is -0.234. The minimum absolute atomic E-state index is 0.0180. The predicted octanol–water partition coefficient (Wildman–Crippen LogP) is 2.95. The molecule has 0 bridgehead atoms. The number of Topliss-reactive ketones (excluding diaryl/α,β-unsaturated/α-hetero) is 1. The molecule has 96 valence electrons.